The van der Waals surface area contributed by atoms with Gasteiger partial charge in [0.05, 0.1) is 64.8 Å². The van der Waals surface area contributed by atoms with E-state index in [0.29, 0.717) is 38.0 Å². The highest BCUT2D eigenvalue weighted by molar-refractivity contribution is 6.01. The van der Waals surface area contributed by atoms with Crippen molar-refractivity contribution >= 4 is 5.78 Å². The largest absolute Gasteiger partial charge is 0.393 e. The van der Waals surface area contributed by atoms with Crippen LogP contribution in [0.15, 0.2) is 23.3 Å². The van der Waals surface area contributed by atoms with Gasteiger partial charge in [-0.3, -0.25) is 14.8 Å². The van der Waals surface area contributed by atoms with Crippen LogP contribution in [0.25, 0.3) is 0 Å². The van der Waals surface area contributed by atoms with Gasteiger partial charge in [-0.1, -0.05) is 53.2 Å². The smallest absolute Gasteiger partial charge is 0.201 e. The molecular weight excluding hydrogens is 881 g/mol. The van der Waals surface area contributed by atoms with Crippen LogP contribution in [0.3, 0.4) is 0 Å². The monoisotopic (exact) mass is 955 g/mol. The van der Waals surface area contributed by atoms with E-state index in [-0.39, 0.29) is 72.4 Å². The molecule has 8 aliphatic carbocycles. The zero-order valence-electron chi connectivity index (χ0n) is 41.9. The molecule has 6 N–H and O–H groups in total. The number of aliphatic hydroxyl groups is 6. The van der Waals surface area contributed by atoms with Gasteiger partial charge in [-0.25, -0.2) is 0 Å². The van der Waals surface area contributed by atoms with Crippen molar-refractivity contribution in [1.29, 1.82) is 0 Å². The molecule has 0 amide bonds. The van der Waals surface area contributed by atoms with Gasteiger partial charge >= 0.3 is 0 Å². The number of allylic oxidation sites excluding steroid dienone is 1. The number of epoxide rings is 1. The number of fused-ring (bicyclic) bond motifs is 12. The maximum atomic E-state index is 15.1. The minimum Gasteiger partial charge on any atom is -0.393 e. The maximum absolute atomic E-state index is 15.1. The maximum Gasteiger partial charge on any atom is 0.201 e. The first-order valence-electron chi connectivity index (χ1n) is 26.7. The molecule has 0 bridgehead atoms. The van der Waals surface area contributed by atoms with E-state index in [0.717, 1.165) is 66.0 Å². The van der Waals surface area contributed by atoms with Gasteiger partial charge in [-0.2, -0.15) is 0 Å². The molecule has 14 heteroatoms. The molecule has 4 saturated carbocycles. The Labute approximate surface area is 405 Å². The minimum atomic E-state index is -1.52. The van der Waals surface area contributed by atoms with E-state index in [4.69, 9.17) is 33.7 Å². The second kappa shape index (κ2) is 13.0. The lowest BCUT2D eigenvalue weighted by molar-refractivity contribution is -0.347. The highest BCUT2D eigenvalue weighted by atomic mass is 16.7. The molecule has 14 rings (SSSR count). The molecule has 13 aliphatic rings. The molecule has 1 aromatic heterocycles. The Morgan fingerprint density at radius 3 is 2.17 bits per heavy atom. The lowest BCUT2D eigenvalue weighted by atomic mass is 9.44. The van der Waals surface area contributed by atoms with Gasteiger partial charge in [0.2, 0.25) is 5.79 Å². The lowest BCUT2D eigenvalue weighted by Crippen LogP contribution is -2.73. The standard InChI is InChI=1S/C55H74N2O12/c1-25-31-17-43-55(67-43)50(31,24-65-53(25)44(62)26(2)45(4,5)68-53)40(60)19-38-48(8)21-37-35(15-29(48)12-13-51(38,55)63)56-36-20-47(7)28(14-34(36)57-37)10-11-30-32(47)16-39(59)49(9)33(30)18-42-52(49,64)27(3)54(66-42)41(61)22-46(6,23-58)69-54/h18-19,25-32,39,41-44,58-59,61-64H,10-17,20-24H2,1-9H3/t25-,26-,27-,28-,29-,30+,31+,32-,39+,41+,42-,43-,44+,46-,47-,48-,49+,50-,51-,52+,53+,54-,55-/m0/s1. The van der Waals surface area contributed by atoms with E-state index < -0.39 is 86.2 Å². The average molecular weight is 955 g/mol. The number of aromatic nitrogens is 2. The number of hydrogen-bond donors (Lipinski definition) is 6. The number of nitrogens with zero attached hydrogens (tertiary/aromatic N) is 2. The van der Waals surface area contributed by atoms with Crippen molar-refractivity contribution in [3.05, 3.63) is 46.1 Å². The summed E-state index contributed by atoms with van der Waals surface area (Å²) in [7, 11) is 0. The Morgan fingerprint density at radius 2 is 1.49 bits per heavy atom. The number of ether oxygens (including phenoxy) is 5. The number of carbonyl (C=O) groups is 1. The Hall–Kier alpha value is -2.21. The Morgan fingerprint density at radius 1 is 0.783 bits per heavy atom. The van der Waals surface area contributed by atoms with E-state index in [9.17, 15) is 30.6 Å². The molecule has 0 radical (unpaired) electrons. The Bertz CT molecular complexity index is 2590. The summed E-state index contributed by atoms with van der Waals surface area (Å²) in [6, 6.07) is 0. The van der Waals surface area contributed by atoms with Crippen molar-refractivity contribution in [2.24, 2.45) is 69.0 Å². The van der Waals surface area contributed by atoms with E-state index in [1.54, 1.807) is 13.0 Å². The highest BCUT2D eigenvalue weighted by Crippen LogP contribution is 2.79. The van der Waals surface area contributed by atoms with Crippen molar-refractivity contribution < 1.29 is 59.1 Å². The van der Waals surface area contributed by atoms with Crippen LogP contribution in [0.1, 0.15) is 130 Å². The summed E-state index contributed by atoms with van der Waals surface area (Å²) in [5.74, 6) is -3.37. The van der Waals surface area contributed by atoms with Crippen molar-refractivity contribution in [3.63, 3.8) is 0 Å². The zero-order valence-corrected chi connectivity index (χ0v) is 41.9. The summed E-state index contributed by atoms with van der Waals surface area (Å²) in [5.41, 5.74) is -2.50. The van der Waals surface area contributed by atoms with E-state index in [1.807, 2.05) is 34.6 Å². The number of hydrogen-bond acceptors (Lipinski definition) is 14. The topological polar surface area (TPSA) is 214 Å². The van der Waals surface area contributed by atoms with Gasteiger partial charge in [-0.05, 0) is 125 Å². The lowest BCUT2D eigenvalue weighted by Gasteiger charge is -2.62. The predicted octanol–water partition coefficient (Wildman–Crippen LogP) is 4.00. The molecule has 5 saturated heterocycles. The average Bonchev–Trinajstić information content (AvgIpc) is 3.57. The molecule has 23 atom stereocenters. The summed E-state index contributed by atoms with van der Waals surface area (Å²) >= 11 is 0. The third kappa shape index (κ3) is 4.69. The van der Waals surface area contributed by atoms with Crippen LogP contribution in [0, 0.1) is 69.0 Å². The van der Waals surface area contributed by atoms with Gasteiger partial charge < -0.3 is 54.3 Å². The molecule has 376 valence electrons. The third-order valence-electron chi connectivity index (χ3n) is 24.2. The van der Waals surface area contributed by atoms with Gasteiger partial charge in [0.1, 0.15) is 35.1 Å². The Kier molecular flexibility index (Phi) is 8.55. The number of carbonyl (C=O) groups excluding carboxylic acids is 1. The summed E-state index contributed by atoms with van der Waals surface area (Å²) in [4.78, 5) is 26.2. The minimum absolute atomic E-state index is 0.0323. The number of ketones is 1. The van der Waals surface area contributed by atoms with Crippen LogP contribution >= 0.6 is 0 Å². The van der Waals surface area contributed by atoms with Crippen LogP contribution in [0.4, 0.5) is 0 Å². The van der Waals surface area contributed by atoms with Crippen molar-refractivity contribution in [3.8, 4) is 0 Å². The predicted molar refractivity (Wildman–Crippen MR) is 246 cm³/mol. The molecule has 0 aromatic carbocycles. The zero-order chi connectivity index (χ0) is 48.6. The molecule has 5 aliphatic heterocycles. The normalized spacial score (nSPS) is 59.6. The van der Waals surface area contributed by atoms with E-state index in [1.165, 1.54) is 0 Å². The van der Waals surface area contributed by atoms with Gasteiger partial charge in [-0.15, -0.1) is 0 Å². The molecule has 1 aromatic rings. The summed E-state index contributed by atoms with van der Waals surface area (Å²) in [5, 5.41) is 72.0. The molecular formula is C55H74N2O12. The summed E-state index contributed by atoms with van der Waals surface area (Å²) in [6.07, 6.45) is 7.27. The van der Waals surface area contributed by atoms with Crippen LogP contribution in [0.5, 0.6) is 0 Å². The van der Waals surface area contributed by atoms with Crippen molar-refractivity contribution in [2.75, 3.05) is 13.2 Å². The van der Waals surface area contributed by atoms with Gasteiger partial charge in [0.15, 0.2) is 11.6 Å². The molecule has 9 fully saturated rings. The highest BCUT2D eigenvalue weighted by Gasteiger charge is 2.91. The quantitative estimate of drug-likeness (QED) is 0.174. The first-order valence-corrected chi connectivity index (χ1v) is 26.7. The van der Waals surface area contributed by atoms with Crippen LogP contribution in [-0.4, -0.2) is 130 Å². The third-order valence-corrected chi connectivity index (χ3v) is 24.2. The molecule has 14 nitrogen and oxygen atoms in total. The van der Waals surface area contributed by atoms with Crippen LogP contribution in [-0.2, 0) is 54.2 Å². The van der Waals surface area contributed by atoms with Crippen molar-refractivity contribution in [1.82, 2.24) is 9.97 Å². The second-order valence-corrected chi connectivity index (χ2v) is 26.9. The number of rotatable bonds is 1. The van der Waals surface area contributed by atoms with Gasteiger partial charge in [0.25, 0.3) is 0 Å². The SMILES string of the molecule is C[C@@H]1[C@]2(O[C@H]3C=C4[C@@H]5CC[C@H]6Cc7nc8c(nc7C[C@]6(C)[C@H]5C[C@@H](O)[C@]4(C)[C@]31O)C[C@@H]1CC[C@]3(O)C(=CC(=O)[C@]45CO[C@@]6(OC(C)(C)[C@@H](C)[C@H]6O)[C@@H](C)[C@H]4C[C@@H]4O[C@]435)[C@@]1(C)C8)O[C@](C)(CO)C[C@H]2O. The van der Waals surface area contributed by atoms with Crippen molar-refractivity contribution in [2.45, 2.75) is 203 Å². The molecule has 4 spiro atoms. The summed E-state index contributed by atoms with van der Waals surface area (Å²) in [6.45, 7) is 18.0. The second-order valence-electron chi connectivity index (χ2n) is 26.9. The first kappa shape index (κ1) is 45.4. The fourth-order valence-corrected chi connectivity index (χ4v) is 19.9. The number of aliphatic hydroxyl groups excluding tert-OH is 4. The van der Waals surface area contributed by atoms with Crippen LogP contribution < -0.4 is 0 Å². The fraction of sp³-hybridized carbons (Fsp3) is 0.836. The Balaban J connectivity index is 0.755. The van der Waals surface area contributed by atoms with E-state index >= 15 is 4.79 Å². The van der Waals surface area contributed by atoms with Crippen LogP contribution in [0.2, 0.25) is 0 Å². The molecule has 6 heterocycles. The fourth-order valence-electron chi connectivity index (χ4n) is 19.9. The molecule has 0 unspecified atom stereocenters. The summed E-state index contributed by atoms with van der Waals surface area (Å²) < 4.78 is 33.1. The van der Waals surface area contributed by atoms with E-state index in [2.05, 4.69) is 26.8 Å². The van der Waals surface area contributed by atoms with Gasteiger partial charge in [0, 0.05) is 41.4 Å². The molecule has 69 heavy (non-hydrogen) atoms. The first-order chi connectivity index (χ1) is 32.3.